The normalized spacial score (nSPS) is 34.6. The van der Waals surface area contributed by atoms with Crippen molar-refractivity contribution in [3.8, 4) is 0 Å². The molecule has 1 aromatic heterocycles. The Morgan fingerprint density at radius 2 is 2.14 bits per heavy atom. The molecule has 1 aromatic rings. The molecule has 3 unspecified atom stereocenters. The highest BCUT2D eigenvalue weighted by atomic mass is 16.5. The van der Waals surface area contributed by atoms with Crippen LogP contribution >= 0.6 is 0 Å². The fraction of sp³-hybridized carbons (Fsp3) is 0.867. The van der Waals surface area contributed by atoms with Crippen molar-refractivity contribution in [2.45, 2.75) is 56.7 Å². The molecule has 0 saturated carbocycles. The van der Waals surface area contributed by atoms with Gasteiger partial charge in [-0.1, -0.05) is 18.0 Å². The van der Waals surface area contributed by atoms with E-state index >= 15 is 0 Å². The van der Waals surface area contributed by atoms with Crippen LogP contribution in [0.3, 0.4) is 0 Å². The lowest BCUT2D eigenvalue weighted by Gasteiger charge is -2.33. The number of hydrogen-bond donors (Lipinski definition) is 1. The van der Waals surface area contributed by atoms with Crippen LogP contribution < -0.4 is 5.32 Å². The Hall–Kier alpha value is -0.980. The van der Waals surface area contributed by atoms with Gasteiger partial charge in [0, 0.05) is 12.6 Å². The van der Waals surface area contributed by atoms with Gasteiger partial charge in [0.15, 0.2) is 0 Å². The molecule has 6 nitrogen and oxygen atoms in total. The number of morpholine rings is 1. The van der Waals surface area contributed by atoms with Crippen molar-refractivity contribution < 1.29 is 9.26 Å². The second-order valence-electron chi connectivity index (χ2n) is 6.46. The first-order chi connectivity index (χ1) is 10.4. The molecule has 0 aromatic carbocycles. The van der Waals surface area contributed by atoms with E-state index in [0.29, 0.717) is 6.04 Å². The lowest BCUT2D eigenvalue weighted by Crippen LogP contribution is -2.42. The predicted molar refractivity (Wildman–Crippen MR) is 76.8 cm³/mol. The highest BCUT2D eigenvalue weighted by Crippen LogP contribution is 2.30. The number of ether oxygens (including phenoxy) is 1. The molecule has 3 aliphatic rings. The molecule has 0 amide bonds. The molecule has 0 aliphatic carbocycles. The second-order valence-corrected chi connectivity index (χ2v) is 6.46. The number of nitrogens with one attached hydrogen (secondary N) is 1. The van der Waals surface area contributed by atoms with Gasteiger partial charge in [-0.25, -0.2) is 0 Å². The third-order valence-corrected chi connectivity index (χ3v) is 4.99. The zero-order chi connectivity index (χ0) is 14.1. The monoisotopic (exact) mass is 292 g/mol. The minimum atomic E-state index is -0.0253. The Labute approximate surface area is 125 Å². The number of aromatic nitrogens is 2. The summed E-state index contributed by atoms with van der Waals surface area (Å²) in [4.78, 5) is 7.13. The van der Waals surface area contributed by atoms with Gasteiger partial charge >= 0.3 is 0 Å². The molecule has 6 heteroatoms. The second kappa shape index (κ2) is 6.02. The molecule has 3 saturated heterocycles. The first kappa shape index (κ1) is 13.7. The SMILES string of the molecule is C1CCNC(c2nc(C3CN4CCCC4CO3)no2)CC1. The van der Waals surface area contributed by atoms with E-state index in [1.165, 1.54) is 38.6 Å². The van der Waals surface area contributed by atoms with Crippen molar-refractivity contribution in [2.24, 2.45) is 0 Å². The number of nitrogens with zero attached hydrogens (tertiary/aromatic N) is 3. The maximum atomic E-state index is 5.96. The lowest BCUT2D eigenvalue weighted by atomic mass is 10.1. The molecular formula is C15H24N4O2. The number of hydrogen-bond acceptors (Lipinski definition) is 6. The smallest absolute Gasteiger partial charge is 0.243 e. The van der Waals surface area contributed by atoms with Crippen LogP contribution in [0.2, 0.25) is 0 Å². The molecule has 3 fully saturated rings. The molecule has 1 N–H and O–H groups in total. The first-order valence-electron chi connectivity index (χ1n) is 8.33. The van der Waals surface area contributed by atoms with Gasteiger partial charge in [0.2, 0.25) is 11.7 Å². The van der Waals surface area contributed by atoms with E-state index in [4.69, 9.17) is 9.26 Å². The summed E-state index contributed by atoms with van der Waals surface area (Å²) in [6, 6.07) is 0.827. The summed E-state index contributed by atoms with van der Waals surface area (Å²) in [5, 5.41) is 7.69. The lowest BCUT2D eigenvalue weighted by molar-refractivity contribution is -0.0548. The number of rotatable bonds is 2. The maximum absolute atomic E-state index is 5.96. The van der Waals surface area contributed by atoms with Gasteiger partial charge in [-0.2, -0.15) is 4.98 Å². The van der Waals surface area contributed by atoms with E-state index in [9.17, 15) is 0 Å². The molecule has 0 bridgehead atoms. The average molecular weight is 292 g/mol. The molecular weight excluding hydrogens is 268 g/mol. The minimum absolute atomic E-state index is 0.0253. The van der Waals surface area contributed by atoms with Crippen molar-refractivity contribution in [3.63, 3.8) is 0 Å². The average Bonchev–Trinajstić information content (AvgIpc) is 3.10. The van der Waals surface area contributed by atoms with Gasteiger partial charge < -0.3 is 14.6 Å². The van der Waals surface area contributed by atoms with Crippen molar-refractivity contribution in [3.05, 3.63) is 11.7 Å². The predicted octanol–water partition coefficient (Wildman–Crippen LogP) is 1.81. The van der Waals surface area contributed by atoms with Crippen molar-refractivity contribution in [2.75, 3.05) is 26.2 Å². The molecule has 3 aliphatic heterocycles. The topological polar surface area (TPSA) is 63.4 Å². The fourth-order valence-corrected chi connectivity index (χ4v) is 3.73. The van der Waals surface area contributed by atoms with Gasteiger partial charge in [-0.05, 0) is 38.8 Å². The quantitative estimate of drug-likeness (QED) is 0.897. The highest BCUT2D eigenvalue weighted by Gasteiger charge is 2.35. The Balaban J connectivity index is 1.44. The Kier molecular flexibility index (Phi) is 3.92. The minimum Gasteiger partial charge on any atom is -0.367 e. The zero-order valence-electron chi connectivity index (χ0n) is 12.5. The van der Waals surface area contributed by atoms with Crippen molar-refractivity contribution >= 4 is 0 Å². The van der Waals surface area contributed by atoms with Gasteiger partial charge in [-0.3, -0.25) is 4.90 Å². The van der Waals surface area contributed by atoms with Crippen LogP contribution in [0.5, 0.6) is 0 Å². The first-order valence-corrected chi connectivity index (χ1v) is 8.33. The van der Waals surface area contributed by atoms with Crippen LogP contribution in [0, 0.1) is 0 Å². The van der Waals surface area contributed by atoms with Crippen LogP contribution in [-0.4, -0.2) is 47.3 Å². The maximum Gasteiger partial charge on any atom is 0.243 e. The van der Waals surface area contributed by atoms with Crippen LogP contribution in [-0.2, 0) is 4.74 Å². The summed E-state index contributed by atoms with van der Waals surface area (Å²) >= 11 is 0. The third-order valence-electron chi connectivity index (χ3n) is 4.99. The van der Waals surface area contributed by atoms with E-state index < -0.39 is 0 Å². The Morgan fingerprint density at radius 3 is 3.14 bits per heavy atom. The van der Waals surface area contributed by atoms with Gasteiger partial charge in [0.1, 0.15) is 6.10 Å². The van der Waals surface area contributed by atoms with E-state index in [0.717, 1.165) is 37.8 Å². The van der Waals surface area contributed by atoms with Crippen molar-refractivity contribution in [1.82, 2.24) is 20.4 Å². The summed E-state index contributed by atoms with van der Waals surface area (Å²) in [6.07, 6.45) is 7.35. The summed E-state index contributed by atoms with van der Waals surface area (Å²) in [5.74, 6) is 1.46. The Morgan fingerprint density at radius 1 is 1.14 bits per heavy atom. The summed E-state index contributed by atoms with van der Waals surface area (Å²) in [7, 11) is 0. The standard InChI is InChI=1S/C15H24N4O2/c1-2-6-12(16-7-3-1)15-17-14(18-21-15)13-9-19-8-4-5-11(19)10-20-13/h11-13,16H,1-10H2. The molecule has 21 heavy (non-hydrogen) atoms. The van der Waals surface area contributed by atoms with Crippen molar-refractivity contribution in [1.29, 1.82) is 0 Å². The molecule has 116 valence electrons. The largest absolute Gasteiger partial charge is 0.367 e. The zero-order valence-corrected chi connectivity index (χ0v) is 12.5. The molecule has 0 radical (unpaired) electrons. The van der Waals surface area contributed by atoms with Crippen LogP contribution in [0.1, 0.15) is 62.4 Å². The molecule has 0 spiro atoms. The van der Waals surface area contributed by atoms with E-state index in [-0.39, 0.29) is 12.1 Å². The highest BCUT2D eigenvalue weighted by molar-refractivity contribution is 5.00. The van der Waals surface area contributed by atoms with Crippen LogP contribution in [0.15, 0.2) is 4.52 Å². The van der Waals surface area contributed by atoms with E-state index in [2.05, 4.69) is 20.4 Å². The van der Waals surface area contributed by atoms with Crippen LogP contribution in [0.25, 0.3) is 0 Å². The van der Waals surface area contributed by atoms with Crippen LogP contribution in [0.4, 0.5) is 0 Å². The van der Waals surface area contributed by atoms with E-state index in [1.807, 2.05) is 0 Å². The van der Waals surface area contributed by atoms with Gasteiger partial charge in [-0.15, -0.1) is 0 Å². The molecule has 4 rings (SSSR count). The van der Waals surface area contributed by atoms with Gasteiger partial charge in [0.05, 0.1) is 12.6 Å². The Bertz CT molecular complexity index is 470. The fourth-order valence-electron chi connectivity index (χ4n) is 3.73. The number of fused-ring (bicyclic) bond motifs is 1. The summed E-state index contributed by atoms with van der Waals surface area (Å²) < 4.78 is 11.5. The van der Waals surface area contributed by atoms with Gasteiger partial charge in [0.25, 0.3) is 0 Å². The molecule has 4 heterocycles. The summed E-state index contributed by atoms with van der Waals surface area (Å²) in [6.45, 7) is 3.93. The summed E-state index contributed by atoms with van der Waals surface area (Å²) in [5.41, 5.74) is 0. The third kappa shape index (κ3) is 2.84. The van der Waals surface area contributed by atoms with E-state index in [1.54, 1.807) is 0 Å². The molecule has 3 atom stereocenters.